The van der Waals surface area contributed by atoms with Crippen LogP contribution in [0.4, 0.5) is 0 Å². The van der Waals surface area contributed by atoms with Gasteiger partial charge in [0, 0.05) is 10.9 Å². The molecule has 0 spiro atoms. The standard InChI is InChI=1S/C18H18BrN3O/c19-15-9-5-4-8-14(15)12-17-21-18(23-22-17)16(20)11-10-13-6-2-1-3-7-13/h1-9,16H,10-12,20H2/t16-/m1/s1. The lowest BCUT2D eigenvalue weighted by atomic mass is 10.1. The van der Waals surface area contributed by atoms with Gasteiger partial charge >= 0.3 is 0 Å². The van der Waals surface area contributed by atoms with Crippen molar-refractivity contribution >= 4 is 15.9 Å². The van der Waals surface area contributed by atoms with Gasteiger partial charge in [-0.3, -0.25) is 0 Å². The number of hydrogen-bond donors (Lipinski definition) is 1. The van der Waals surface area contributed by atoms with Crippen LogP contribution in [-0.2, 0) is 12.8 Å². The number of nitrogens with zero attached hydrogens (tertiary/aromatic N) is 2. The summed E-state index contributed by atoms with van der Waals surface area (Å²) in [6.07, 6.45) is 2.29. The highest BCUT2D eigenvalue weighted by molar-refractivity contribution is 9.10. The monoisotopic (exact) mass is 371 g/mol. The predicted octanol–water partition coefficient (Wildman–Crippen LogP) is 4.06. The van der Waals surface area contributed by atoms with E-state index in [4.69, 9.17) is 10.3 Å². The van der Waals surface area contributed by atoms with Crippen LogP contribution in [0.3, 0.4) is 0 Å². The van der Waals surface area contributed by atoms with Crippen LogP contribution in [0.1, 0.15) is 35.3 Å². The maximum Gasteiger partial charge on any atom is 0.243 e. The zero-order chi connectivity index (χ0) is 16.1. The van der Waals surface area contributed by atoms with Crippen LogP contribution in [0, 0.1) is 0 Å². The van der Waals surface area contributed by atoms with Crippen molar-refractivity contribution in [1.29, 1.82) is 0 Å². The van der Waals surface area contributed by atoms with E-state index in [0.29, 0.717) is 18.1 Å². The molecule has 0 aliphatic rings. The molecule has 4 nitrogen and oxygen atoms in total. The van der Waals surface area contributed by atoms with Crippen LogP contribution in [-0.4, -0.2) is 10.1 Å². The van der Waals surface area contributed by atoms with Crippen LogP contribution in [0.5, 0.6) is 0 Å². The molecular formula is C18H18BrN3O. The van der Waals surface area contributed by atoms with E-state index in [0.717, 1.165) is 22.9 Å². The van der Waals surface area contributed by atoms with E-state index in [1.165, 1.54) is 5.56 Å². The average molecular weight is 372 g/mol. The van der Waals surface area contributed by atoms with Crippen molar-refractivity contribution in [1.82, 2.24) is 10.1 Å². The van der Waals surface area contributed by atoms with Gasteiger partial charge < -0.3 is 10.3 Å². The van der Waals surface area contributed by atoms with Gasteiger partial charge in [-0.25, -0.2) is 0 Å². The average Bonchev–Trinajstić information content (AvgIpc) is 3.04. The molecule has 1 aromatic heterocycles. The minimum absolute atomic E-state index is 0.240. The lowest BCUT2D eigenvalue weighted by Gasteiger charge is -2.06. The Hall–Kier alpha value is -1.98. The molecular weight excluding hydrogens is 354 g/mol. The van der Waals surface area contributed by atoms with Crippen LogP contribution in [0.25, 0.3) is 0 Å². The first kappa shape index (κ1) is 15.9. The molecule has 2 N–H and O–H groups in total. The summed E-state index contributed by atoms with van der Waals surface area (Å²) in [7, 11) is 0. The molecule has 0 radical (unpaired) electrons. The molecule has 0 aliphatic carbocycles. The normalized spacial score (nSPS) is 12.3. The molecule has 0 unspecified atom stereocenters. The molecule has 0 saturated carbocycles. The Balaban J connectivity index is 1.61. The summed E-state index contributed by atoms with van der Waals surface area (Å²) in [6, 6.07) is 18.0. The van der Waals surface area contributed by atoms with Crippen molar-refractivity contribution in [2.75, 3.05) is 0 Å². The Labute approximate surface area is 143 Å². The first-order chi connectivity index (χ1) is 11.2. The molecule has 23 heavy (non-hydrogen) atoms. The van der Waals surface area contributed by atoms with E-state index in [1.54, 1.807) is 0 Å². The SMILES string of the molecule is N[C@H](CCc1ccccc1)c1nc(Cc2ccccc2Br)no1. The van der Waals surface area contributed by atoms with Crippen molar-refractivity contribution < 1.29 is 4.52 Å². The minimum Gasteiger partial charge on any atom is -0.338 e. The molecule has 0 amide bonds. The van der Waals surface area contributed by atoms with Crippen molar-refractivity contribution in [3.05, 3.63) is 81.9 Å². The molecule has 0 fully saturated rings. The zero-order valence-corrected chi connectivity index (χ0v) is 14.2. The molecule has 118 valence electrons. The van der Waals surface area contributed by atoms with Gasteiger partial charge in [0.15, 0.2) is 5.82 Å². The summed E-state index contributed by atoms with van der Waals surface area (Å²) in [5.41, 5.74) is 8.56. The quantitative estimate of drug-likeness (QED) is 0.709. The van der Waals surface area contributed by atoms with Gasteiger partial charge in [0.2, 0.25) is 5.89 Å². The maximum absolute atomic E-state index is 6.17. The van der Waals surface area contributed by atoms with Gasteiger partial charge in [-0.1, -0.05) is 69.6 Å². The number of aryl methyl sites for hydroxylation is 1. The van der Waals surface area contributed by atoms with Crippen LogP contribution in [0.2, 0.25) is 0 Å². The van der Waals surface area contributed by atoms with Gasteiger partial charge in [0.1, 0.15) is 0 Å². The van der Waals surface area contributed by atoms with E-state index >= 15 is 0 Å². The molecule has 2 aromatic carbocycles. The second-order valence-electron chi connectivity index (χ2n) is 5.45. The Morgan fingerprint density at radius 3 is 2.57 bits per heavy atom. The Kier molecular flexibility index (Phi) is 5.20. The van der Waals surface area contributed by atoms with Gasteiger partial charge in [0.25, 0.3) is 0 Å². The molecule has 0 saturated heterocycles. The molecule has 5 heteroatoms. The van der Waals surface area contributed by atoms with Crippen molar-refractivity contribution in [2.24, 2.45) is 5.73 Å². The fraction of sp³-hybridized carbons (Fsp3) is 0.222. The van der Waals surface area contributed by atoms with Crippen LogP contribution < -0.4 is 5.73 Å². The van der Waals surface area contributed by atoms with E-state index in [-0.39, 0.29) is 6.04 Å². The number of halogens is 1. The molecule has 3 aromatic rings. The largest absolute Gasteiger partial charge is 0.338 e. The first-order valence-electron chi connectivity index (χ1n) is 7.58. The molecule has 0 bridgehead atoms. The molecule has 3 rings (SSSR count). The summed E-state index contributed by atoms with van der Waals surface area (Å²) in [4.78, 5) is 4.44. The Bertz CT molecular complexity index is 758. The van der Waals surface area contributed by atoms with E-state index < -0.39 is 0 Å². The molecule has 1 atom stereocenters. The van der Waals surface area contributed by atoms with Crippen LogP contribution in [0.15, 0.2) is 63.6 Å². The van der Waals surface area contributed by atoms with Gasteiger partial charge in [-0.2, -0.15) is 4.98 Å². The fourth-order valence-electron chi connectivity index (χ4n) is 2.39. The second-order valence-corrected chi connectivity index (χ2v) is 6.30. The highest BCUT2D eigenvalue weighted by Crippen LogP contribution is 2.20. The maximum atomic E-state index is 6.17. The first-order valence-corrected chi connectivity index (χ1v) is 8.37. The van der Waals surface area contributed by atoms with E-state index in [2.05, 4.69) is 38.2 Å². The number of benzene rings is 2. The minimum atomic E-state index is -0.240. The second kappa shape index (κ2) is 7.53. The topological polar surface area (TPSA) is 64.9 Å². The molecule has 0 aliphatic heterocycles. The Morgan fingerprint density at radius 2 is 1.78 bits per heavy atom. The third kappa shape index (κ3) is 4.27. The number of hydrogen-bond acceptors (Lipinski definition) is 4. The third-order valence-electron chi connectivity index (χ3n) is 3.69. The van der Waals surface area contributed by atoms with Crippen molar-refractivity contribution in [3.63, 3.8) is 0 Å². The summed E-state index contributed by atoms with van der Waals surface area (Å²) in [5.74, 6) is 1.16. The van der Waals surface area contributed by atoms with E-state index in [1.807, 2.05) is 42.5 Å². The van der Waals surface area contributed by atoms with Gasteiger partial charge in [-0.05, 0) is 30.0 Å². The fourth-order valence-corrected chi connectivity index (χ4v) is 2.82. The smallest absolute Gasteiger partial charge is 0.243 e. The summed E-state index contributed by atoms with van der Waals surface area (Å²) in [6.45, 7) is 0. The highest BCUT2D eigenvalue weighted by Gasteiger charge is 2.15. The Morgan fingerprint density at radius 1 is 1.04 bits per heavy atom. The van der Waals surface area contributed by atoms with Crippen LogP contribution >= 0.6 is 15.9 Å². The third-order valence-corrected chi connectivity index (χ3v) is 4.47. The predicted molar refractivity (Wildman–Crippen MR) is 92.9 cm³/mol. The summed E-state index contributed by atoms with van der Waals surface area (Å²) in [5, 5.41) is 4.04. The summed E-state index contributed by atoms with van der Waals surface area (Å²) >= 11 is 3.53. The van der Waals surface area contributed by atoms with Crippen molar-refractivity contribution in [3.8, 4) is 0 Å². The number of aromatic nitrogens is 2. The number of rotatable bonds is 6. The lowest BCUT2D eigenvalue weighted by Crippen LogP contribution is -2.12. The van der Waals surface area contributed by atoms with E-state index in [9.17, 15) is 0 Å². The number of nitrogens with two attached hydrogens (primary N) is 1. The van der Waals surface area contributed by atoms with Gasteiger partial charge in [-0.15, -0.1) is 0 Å². The van der Waals surface area contributed by atoms with Crippen molar-refractivity contribution in [2.45, 2.75) is 25.3 Å². The summed E-state index contributed by atoms with van der Waals surface area (Å²) < 4.78 is 6.37. The highest BCUT2D eigenvalue weighted by atomic mass is 79.9. The lowest BCUT2D eigenvalue weighted by molar-refractivity contribution is 0.345. The van der Waals surface area contributed by atoms with Gasteiger partial charge in [0.05, 0.1) is 6.04 Å². The molecule has 1 heterocycles. The zero-order valence-electron chi connectivity index (χ0n) is 12.7.